The number of rotatable bonds is 6. The summed E-state index contributed by atoms with van der Waals surface area (Å²) < 4.78 is 112. The molecule has 0 fully saturated rings. The van der Waals surface area contributed by atoms with E-state index in [0.717, 1.165) is 30.5 Å². The van der Waals surface area contributed by atoms with E-state index in [1.165, 1.54) is 7.11 Å². The molecule has 0 amide bonds. The molecule has 15 heteroatoms. The molecule has 0 radical (unpaired) electrons. The SMILES string of the molecule is COc1cc(F)ccc1-c1nc(Nc2cc(C=S(C)(N)=O)cc(S(F)(F)(F)(F)F)c2)ncc1F. The molecular formula is C19H17F7N4O2S2. The van der Waals surface area contributed by atoms with E-state index in [2.05, 4.69) is 15.3 Å². The standard InChI is InChI=1S/C19H17F7N4O2S2/c1-32-17-7-12(20)3-4-15(17)18-16(21)9-28-19(30-18)29-13-5-11(10-33(2,27)31)6-14(8-13)34(22,23,24,25)26/h3-10H,1-2H3,(H2,27,31)(H,28,29,30). The molecule has 6 nitrogen and oxygen atoms in total. The fourth-order valence-corrected chi connectivity index (χ4v) is 4.25. The Morgan fingerprint density at radius 1 is 1.09 bits per heavy atom. The number of hydrogen-bond donors (Lipinski definition) is 2. The predicted molar refractivity (Wildman–Crippen MR) is 118 cm³/mol. The molecule has 3 rings (SSSR count). The van der Waals surface area contributed by atoms with Crippen LogP contribution in [0.15, 0.2) is 47.5 Å². The van der Waals surface area contributed by atoms with Crippen LogP contribution in [0.4, 0.5) is 39.8 Å². The average molecular weight is 530 g/mol. The monoisotopic (exact) mass is 530 g/mol. The third kappa shape index (κ3) is 6.30. The fourth-order valence-electron chi connectivity index (χ4n) is 2.86. The molecule has 34 heavy (non-hydrogen) atoms. The average Bonchev–Trinajstić information content (AvgIpc) is 2.66. The van der Waals surface area contributed by atoms with Crippen LogP contribution in [0.2, 0.25) is 0 Å². The number of ether oxygens (including phenoxy) is 1. The lowest BCUT2D eigenvalue weighted by molar-refractivity contribution is 0.364. The molecule has 0 bridgehead atoms. The van der Waals surface area contributed by atoms with E-state index in [0.29, 0.717) is 11.6 Å². The second-order valence-electron chi connectivity index (χ2n) is 7.20. The number of methoxy groups -OCH3 is 1. The van der Waals surface area contributed by atoms with Crippen LogP contribution in [0, 0.1) is 11.6 Å². The third-order valence-electron chi connectivity index (χ3n) is 4.16. The number of halogens is 7. The molecule has 0 aliphatic heterocycles. The number of aromatic nitrogens is 2. The minimum absolute atomic E-state index is 0.00418. The van der Waals surface area contributed by atoms with Gasteiger partial charge < -0.3 is 10.1 Å². The molecule has 0 saturated heterocycles. The molecule has 0 aliphatic rings. The van der Waals surface area contributed by atoms with Crippen LogP contribution >= 0.6 is 10.2 Å². The lowest BCUT2D eigenvalue weighted by Crippen LogP contribution is -2.14. The minimum atomic E-state index is -10.1. The first kappa shape index (κ1) is 25.6. The summed E-state index contributed by atoms with van der Waals surface area (Å²) in [6.07, 6.45) is 1.67. The quantitative estimate of drug-likeness (QED) is 0.312. The van der Waals surface area contributed by atoms with Crippen molar-refractivity contribution in [3.05, 3.63) is 59.8 Å². The van der Waals surface area contributed by atoms with Gasteiger partial charge in [0.15, 0.2) is 5.82 Å². The summed E-state index contributed by atoms with van der Waals surface area (Å²) >= 11 is 0. The fraction of sp³-hybridized carbons (Fsp3) is 0.105. The van der Waals surface area contributed by atoms with Crippen LogP contribution in [0.25, 0.3) is 11.3 Å². The molecule has 186 valence electrons. The van der Waals surface area contributed by atoms with Gasteiger partial charge in [-0.1, -0.05) is 19.4 Å². The Labute approximate surface area is 189 Å². The normalized spacial score (nSPS) is 15.6. The molecule has 1 aromatic heterocycles. The Morgan fingerprint density at radius 2 is 1.76 bits per heavy atom. The van der Waals surface area contributed by atoms with Crippen LogP contribution < -0.4 is 15.2 Å². The van der Waals surface area contributed by atoms with Crippen LogP contribution in [0.1, 0.15) is 5.56 Å². The largest absolute Gasteiger partial charge is 0.496 e. The van der Waals surface area contributed by atoms with E-state index in [1.54, 1.807) is 0 Å². The zero-order chi connectivity index (χ0) is 25.6. The molecule has 1 heterocycles. The van der Waals surface area contributed by atoms with Crippen LogP contribution in [0.5, 0.6) is 5.75 Å². The lowest BCUT2D eigenvalue weighted by Gasteiger charge is -2.40. The van der Waals surface area contributed by atoms with Crippen LogP contribution in [-0.2, 0) is 9.71 Å². The van der Waals surface area contributed by atoms with E-state index in [-0.39, 0.29) is 23.4 Å². The Bertz CT molecular complexity index is 1400. The van der Waals surface area contributed by atoms with Crippen LogP contribution in [0.3, 0.4) is 0 Å². The van der Waals surface area contributed by atoms with Gasteiger partial charge in [0, 0.05) is 38.6 Å². The molecule has 1 unspecified atom stereocenters. The summed E-state index contributed by atoms with van der Waals surface area (Å²) in [7, 11) is -12.2. The molecule has 1 atom stereocenters. The van der Waals surface area contributed by atoms with Crippen molar-refractivity contribution < 1.29 is 37.2 Å². The van der Waals surface area contributed by atoms with Gasteiger partial charge in [-0.2, -0.15) is 0 Å². The van der Waals surface area contributed by atoms with Crippen molar-refractivity contribution in [2.75, 3.05) is 18.7 Å². The Kier molecular flexibility index (Phi) is 5.83. The van der Waals surface area contributed by atoms with Crippen LogP contribution in [-0.4, -0.2) is 32.9 Å². The summed E-state index contributed by atoms with van der Waals surface area (Å²) in [5, 5.41) is 8.31. The van der Waals surface area contributed by atoms with Crippen molar-refractivity contribution >= 4 is 36.9 Å². The highest BCUT2D eigenvalue weighted by Crippen LogP contribution is 3.02. The summed E-state index contributed by atoms with van der Waals surface area (Å²) in [5.41, 5.74) is -1.48. The summed E-state index contributed by atoms with van der Waals surface area (Å²) in [6.45, 7) is 0. The highest BCUT2D eigenvalue weighted by molar-refractivity contribution is 8.45. The van der Waals surface area contributed by atoms with Gasteiger partial charge in [-0.15, -0.1) is 0 Å². The first-order chi connectivity index (χ1) is 15.3. The minimum Gasteiger partial charge on any atom is -0.496 e. The number of nitrogens with one attached hydrogen (secondary N) is 1. The first-order valence-electron chi connectivity index (χ1n) is 8.99. The lowest BCUT2D eigenvalue weighted by atomic mass is 10.1. The Morgan fingerprint density at radius 3 is 2.35 bits per heavy atom. The second kappa shape index (κ2) is 7.74. The van der Waals surface area contributed by atoms with E-state index in [1.807, 2.05) is 0 Å². The summed E-state index contributed by atoms with van der Waals surface area (Å²) in [4.78, 5) is 5.18. The molecule has 0 saturated carbocycles. The van der Waals surface area contributed by atoms with Crippen molar-refractivity contribution in [1.82, 2.24) is 9.97 Å². The van der Waals surface area contributed by atoms with Gasteiger partial charge in [-0.05, 0) is 35.9 Å². The van der Waals surface area contributed by atoms with Gasteiger partial charge in [0.2, 0.25) is 5.95 Å². The van der Waals surface area contributed by atoms with E-state index in [9.17, 15) is 32.4 Å². The number of hydrogen-bond acceptors (Lipinski definition) is 5. The predicted octanol–water partition coefficient (Wildman–Crippen LogP) is 5.77. The van der Waals surface area contributed by atoms with Crippen molar-refractivity contribution in [3.63, 3.8) is 0 Å². The summed E-state index contributed by atoms with van der Waals surface area (Å²) in [5.74, 6) is -2.22. The summed E-state index contributed by atoms with van der Waals surface area (Å²) in [6, 6.07) is 4.29. The van der Waals surface area contributed by atoms with Crippen molar-refractivity contribution in [2.24, 2.45) is 5.14 Å². The number of nitrogens with zero attached hydrogens (tertiary/aromatic N) is 2. The Balaban J connectivity index is 2.14. The molecular weight excluding hydrogens is 513 g/mol. The van der Waals surface area contributed by atoms with Gasteiger partial charge in [0.05, 0.1) is 13.3 Å². The van der Waals surface area contributed by atoms with E-state index in [4.69, 9.17) is 9.88 Å². The third-order valence-corrected chi connectivity index (χ3v) is 6.03. The highest BCUT2D eigenvalue weighted by atomic mass is 32.5. The molecule has 0 spiro atoms. The smallest absolute Gasteiger partial charge is 0.310 e. The number of anilines is 2. The zero-order valence-corrected chi connectivity index (χ0v) is 19.0. The zero-order valence-electron chi connectivity index (χ0n) is 17.4. The van der Waals surface area contributed by atoms with Gasteiger partial charge in [0.1, 0.15) is 22.2 Å². The van der Waals surface area contributed by atoms with Gasteiger partial charge in [-0.25, -0.2) is 18.7 Å². The molecule has 0 aliphatic carbocycles. The van der Waals surface area contributed by atoms with Crippen molar-refractivity contribution in [3.8, 4) is 17.0 Å². The maximum atomic E-state index is 14.4. The number of nitrogens with two attached hydrogens (primary N) is 1. The topological polar surface area (TPSA) is 90.1 Å². The molecule has 3 aromatic rings. The highest BCUT2D eigenvalue weighted by Gasteiger charge is 2.65. The maximum absolute atomic E-state index is 14.4. The number of benzene rings is 2. The van der Waals surface area contributed by atoms with Crippen molar-refractivity contribution in [1.29, 1.82) is 0 Å². The van der Waals surface area contributed by atoms with E-state index < -0.39 is 59.4 Å². The van der Waals surface area contributed by atoms with E-state index >= 15 is 0 Å². The van der Waals surface area contributed by atoms with Crippen molar-refractivity contribution in [2.45, 2.75) is 4.90 Å². The van der Waals surface area contributed by atoms with Gasteiger partial charge >= 0.3 is 10.2 Å². The molecule has 3 N–H and O–H groups in total. The maximum Gasteiger partial charge on any atom is 0.310 e. The second-order valence-corrected chi connectivity index (χ2v) is 11.8. The van der Waals surface area contributed by atoms with Gasteiger partial charge in [0.25, 0.3) is 0 Å². The Hall–Kier alpha value is -3.04. The first-order valence-corrected chi connectivity index (χ1v) is 13.0. The van der Waals surface area contributed by atoms with Gasteiger partial charge in [-0.3, -0.25) is 9.35 Å². The molecule has 2 aromatic carbocycles.